The molecule has 20 heavy (non-hydrogen) atoms. The van der Waals surface area contributed by atoms with Gasteiger partial charge in [0.25, 0.3) is 0 Å². The van der Waals surface area contributed by atoms with Gasteiger partial charge in [-0.25, -0.2) is 4.98 Å². The first-order valence-corrected chi connectivity index (χ1v) is 7.49. The maximum Gasteiger partial charge on any atom is 0.226 e. The normalized spacial score (nSPS) is 11.2. The van der Waals surface area contributed by atoms with Gasteiger partial charge in [0.1, 0.15) is 10.6 Å². The molecule has 2 heterocycles. The van der Waals surface area contributed by atoms with Crippen LogP contribution in [0.4, 0.5) is 11.8 Å². The van der Waals surface area contributed by atoms with Crippen LogP contribution in [0.15, 0.2) is 6.07 Å². The van der Waals surface area contributed by atoms with Gasteiger partial charge in [-0.2, -0.15) is 4.98 Å². The lowest BCUT2D eigenvalue weighted by Crippen LogP contribution is -2.28. The zero-order chi connectivity index (χ0) is 14.5. The lowest BCUT2D eigenvalue weighted by Gasteiger charge is -2.15. The summed E-state index contributed by atoms with van der Waals surface area (Å²) in [5.41, 5.74) is 0. The number of aliphatic hydroxyl groups excluding tert-OH is 2. The minimum absolute atomic E-state index is 0.150. The number of aryl methyl sites for hydroxylation is 1. The topological polar surface area (TPSA) is 90.3 Å². The van der Waals surface area contributed by atoms with E-state index >= 15 is 0 Å². The third kappa shape index (κ3) is 3.36. The molecular formula is C13H20N4O2S. The van der Waals surface area contributed by atoms with E-state index in [2.05, 4.69) is 27.5 Å². The summed E-state index contributed by atoms with van der Waals surface area (Å²) in [6.07, 6.45) is 0.990. The summed E-state index contributed by atoms with van der Waals surface area (Å²) in [7, 11) is 0. The first-order chi connectivity index (χ1) is 9.67. The number of hydrogen-bond acceptors (Lipinski definition) is 7. The number of nitrogens with one attached hydrogen (secondary N) is 2. The van der Waals surface area contributed by atoms with E-state index in [1.54, 1.807) is 11.3 Å². The molecule has 0 radical (unpaired) electrons. The average molecular weight is 296 g/mol. The number of hydrogen-bond donors (Lipinski definition) is 4. The van der Waals surface area contributed by atoms with Crippen molar-refractivity contribution in [2.75, 3.05) is 30.4 Å². The first kappa shape index (κ1) is 15.0. The summed E-state index contributed by atoms with van der Waals surface area (Å²) in [4.78, 5) is 11.0. The summed E-state index contributed by atoms with van der Waals surface area (Å²) in [6.45, 7) is 4.60. The van der Waals surface area contributed by atoms with E-state index in [9.17, 15) is 10.2 Å². The lowest BCUT2D eigenvalue weighted by molar-refractivity contribution is 0.203. The van der Waals surface area contributed by atoms with E-state index in [-0.39, 0.29) is 13.2 Å². The molecule has 2 aromatic rings. The largest absolute Gasteiger partial charge is 0.394 e. The Hall–Kier alpha value is -1.44. The molecule has 2 aromatic heterocycles. The highest BCUT2D eigenvalue weighted by atomic mass is 32.1. The summed E-state index contributed by atoms with van der Waals surface area (Å²) < 4.78 is 0. The molecular weight excluding hydrogens is 276 g/mol. The van der Waals surface area contributed by atoms with Crippen LogP contribution in [0.25, 0.3) is 10.2 Å². The van der Waals surface area contributed by atoms with Crippen LogP contribution in [0, 0.1) is 6.92 Å². The standard InChI is InChI=1S/C13H20N4O2S/c1-3-4-14-13-16-11(15-9(6-18)7-19)10-5-8(2)20-12(10)17-13/h5,9,18-19H,3-4,6-7H2,1-2H3,(H2,14,15,16,17). The van der Waals surface area contributed by atoms with Gasteiger partial charge in [0, 0.05) is 11.4 Å². The van der Waals surface area contributed by atoms with Crippen LogP contribution in [-0.2, 0) is 0 Å². The van der Waals surface area contributed by atoms with Crippen LogP contribution in [0.2, 0.25) is 0 Å². The van der Waals surface area contributed by atoms with E-state index < -0.39 is 6.04 Å². The number of aromatic nitrogens is 2. The zero-order valence-electron chi connectivity index (χ0n) is 11.7. The Morgan fingerprint density at radius 2 is 2.05 bits per heavy atom. The number of anilines is 2. The third-order valence-electron chi connectivity index (χ3n) is 2.83. The van der Waals surface area contributed by atoms with Crippen LogP contribution < -0.4 is 10.6 Å². The molecule has 0 atom stereocenters. The third-order valence-corrected chi connectivity index (χ3v) is 3.78. The summed E-state index contributed by atoms with van der Waals surface area (Å²) >= 11 is 1.60. The van der Waals surface area contributed by atoms with Crippen molar-refractivity contribution in [2.24, 2.45) is 0 Å². The second kappa shape index (κ2) is 6.83. The van der Waals surface area contributed by atoms with Gasteiger partial charge in [-0.05, 0) is 19.4 Å². The monoisotopic (exact) mass is 296 g/mol. The van der Waals surface area contributed by atoms with Crippen LogP contribution in [0.3, 0.4) is 0 Å². The van der Waals surface area contributed by atoms with Gasteiger partial charge in [0.15, 0.2) is 0 Å². The fourth-order valence-corrected chi connectivity index (χ4v) is 2.69. The van der Waals surface area contributed by atoms with Crippen molar-refractivity contribution in [3.05, 3.63) is 10.9 Å². The quantitative estimate of drug-likeness (QED) is 0.620. The smallest absolute Gasteiger partial charge is 0.226 e. The highest BCUT2D eigenvalue weighted by Gasteiger charge is 2.13. The predicted octanol–water partition coefficient (Wildman–Crippen LogP) is 1.59. The van der Waals surface area contributed by atoms with Gasteiger partial charge in [-0.15, -0.1) is 11.3 Å². The van der Waals surface area contributed by atoms with E-state index in [1.165, 1.54) is 0 Å². The number of thiophene rings is 1. The Kier molecular flexibility index (Phi) is 5.11. The maximum absolute atomic E-state index is 9.20. The molecule has 6 nitrogen and oxygen atoms in total. The summed E-state index contributed by atoms with van der Waals surface area (Å²) in [5, 5.41) is 25.5. The second-order valence-corrected chi connectivity index (χ2v) is 5.84. The van der Waals surface area contributed by atoms with Crippen molar-refractivity contribution >= 4 is 33.3 Å². The highest BCUT2D eigenvalue weighted by molar-refractivity contribution is 7.18. The molecule has 0 unspecified atom stereocenters. The molecule has 0 saturated carbocycles. The van der Waals surface area contributed by atoms with Crippen molar-refractivity contribution < 1.29 is 10.2 Å². The van der Waals surface area contributed by atoms with Gasteiger partial charge in [-0.3, -0.25) is 0 Å². The van der Waals surface area contributed by atoms with Gasteiger partial charge in [0.05, 0.1) is 24.6 Å². The molecule has 0 aliphatic rings. The molecule has 0 saturated heterocycles. The van der Waals surface area contributed by atoms with Crippen molar-refractivity contribution in [2.45, 2.75) is 26.3 Å². The Balaban J connectivity index is 2.37. The number of nitrogens with zero attached hydrogens (tertiary/aromatic N) is 2. The molecule has 0 amide bonds. The molecule has 0 aliphatic heterocycles. The lowest BCUT2D eigenvalue weighted by atomic mass is 10.3. The van der Waals surface area contributed by atoms with E-state index in [0.717, 1.165) is 28.1 Å². The molecule has 0 fully saturated rings. The molecule has 4 N–H and O–H groups in total. The van der Waals surface area contributed by atoms with E-state index in [4.69, 9.17) is 0 Å². The van der Waals surface area contributed by atoms with Gasteiger partial charge >= 0.3 is 0 Å². The SMILES string of the molecule is CCCNc1nc(NC(CO)CO)c2cc(C)sc2n1. The van der Waals surface area contributed by atoms with Crippen molar-refractivity contribution in [3.63, 3.8) is 0 Å². The minimum atomic E-state index is -0.424. The molecule has 7 heteroatoms. The van der Waals surface area contributed by atoms with E-state index in [0.29, 0.717) is 11.8 Å². The zero-order valence-corrected chi connectivity index (χ0v) is 12.5. The van der Waals surface area contributed by atoms with Gasteiger partial charge < -0.3 is 20.8 Å². The molecule has 2 rings (SSSR count). The molecule has 0 aromatic carbocycles. The fraction of sp³-hybridized carbons (Fsp3) is 0.538. The van der Waals surface area contributed by atoms with Crippen LogP contribution >= 0.6 is 11.3 Å². The van der Waals surface area contributed by atoms with E-state index in [1.807, 2.05) is 13.0 Å². The molecule has 0 bridgehead atoms. The van der Waals surface area contributed by atoms with Crippen molar-refractivity contribution in [1.82, 2.24) is 9.97 Å². The number of rotatable bonds is 7. The van der Waals surface area contributed by atoms with Crippen LogP contribution in [0.1, 0.15) is 18.2 Å². The Labute approximate surface area is 121 Å². The van der Waals surface area contributed by atoms with Crippen LogP contribution in [-0.4, -0.2) is 46.0 Å². The summed E-state index contributed by atoms with van der Waals surface area (Å²) in [5.74, 6) is 1.21. The Morgan fingerprint density at radius 1 is 1.30 bits per heavy atom. The van der Waals surface area contributed by atoms with Gasteiger partial charge in [-0.1, -0.05) is 6.92 Å². The number of fused-ring (bicyclic) bond motifs is 1. The van der Waals surface area contributed by atoms with Crippen LogP contribution in [0.5, 0.6) is 0 Å². The Morgan fingerprint density at radius 3 is 2.70 bits per heavy atom. The minimum Gasteiger partial charge on any atom is -0.394 e. The Bertz CT molecular complexity index is 569. The molecule has 110 valence electrons. The first-order valence-electron chi connectivity index (χ1n) is 6.68. The van der Waals surface area contributed by atoms with Gasteiger partial charge in [0.2, 0.25) is 5.95 Å². The molecule has 0 spiro atoms. The van der Waals surface area contributed by atoms with Crippen molar-refractivity contribution in [3.8, 4) is 0 Å². The second-order valence-electron chi connectivity index (χ2n) is 4.60. The average Bonchev–Trinajstić information content (AvgIpc) is 2.82. The number of aliphatic hydroxyl groups is 2. The maximum atomic E-state index is 9.20. The molecule has 0 aliphatic carbocycles. The predicted molar refractivity (Wildman–Crippen MR) is 82.5 cm³/mol. The van der Waals surface area contributed by atoms with Crippen molar-refractivity contribution in [1.29, 1.82) is 0 Å². The highest BCUT2D eigenvalue weighted by Crippen LogP contribution is 2.29. The summed E-state index contributed by atoms with van der Waals surface area (Å²) in [6, 6.07) is 1.59. The fourth-order valence-electron chi connectivity index (χ4n) is 1.81.